The van der Waals surface area contributed by atoms with Gasteiger partial charge in [-0.15, -0.1) is 0 Å². The van der Waals surface area contributed by atoms with E-state index in [0.29, 0.717) is 0 Å². The lowest BCUT2D eigenvalue weighted by Crippen LogP contribution is -2.27. The second-order valence-electron chi connectivity index (χ2n) is 3.23. The molecule has 1 aromatic carbocycles. The van der Waals surface area contributed by atoms with Crippen LogP contribution < -0.4 is 0 Å². The molecule has 1 aromatic rings. The molecule has 1 aliphatic heterocycles. The van der Waals surface area contributed by atoms with Crippen molar-refractivity contribution in [3.63, 3.8) is 0 Å². The largest absolute Gasteiger partial charge is 0.264 e. The minimum atomic E-state index is 0.890. The zero-order valence-electron chi connectivity index (χ0n) is 8.84. The van der Waals surface area contributed by atoms with Gasteiger partial charge >= 0.3 is 0 Å². The molecular weight excluding hydrogens is 206 g/mol. The molecule has 4 heteroatoms. The van der Waals surface area contributed by atoms with Crippen molar-refractivity contribution in [2.24, 2.45) is 10.1 Å². The van der Waals surface area contributed by atoms with Crippen molar-refractivity contribution in [1.82, 2.24) is 5.01 Å². The van der Waals surface area contributed by atoms with Crippen molar-refractivity contribution in [3.05, 3.63) is 35.9 Å². The number of nitrogens with zero attached hydrogens (tertiary/aromatic N) is 3. The van der Waals surface area contributed by atoms with Gasteiger partial charge in [0.05, 0.1) is 5.71 Å². The second kappa shape index (κ2) is 4.49. The van der Waals surface area contributed by atoms with Crippen LogP contribution in [-0.2, 0) is 0 Å². The highest BCUT2D eigenvalue weighted by atomic mass is 32.2. The lowest BCUT2D eigenvalue weighted by Gasteiger charge is -2.22. The van der Waals surface area contributed by atoms with E-state index in [9.17, 15) is 0 Å². The Morgan fingerprint density at radius 1 is 1.33 bits per heavy atom. The minimum Gasteiger partial charge on any atom is -0.264 e. The Balaban J connectivity index is 2.27. The summed E-state index contributed by atoms with van der Waals surface area (Å²) in [5.74, 6) is 0.890. The Kier molecular flexibility index (Phi) is 3.06. The van der Waals surface area contributed by atoms with Crippen LogP contribution >= 0.6 is 11.8 Å². The first kappa shape index (κ1) is 10.2. The van der Waals surface area contributed by atoms with Crippen LogP contribution in [0, 0.1) is 0 Å². The van der Waals surface area contributed by atoms with Crippen LogP contribution in [0.15, 0.2) is 40.4 Å². The van der Waals surface area contributed by atoms with Gasteiger partial charge in [0.25, 0.3) is 0 Å². The fourth-order valence-corrected chi connectivity index (χ4v) is 2.31. The predicted octanol–water partition coefficient (Wildman–Crippen LogP) is 2.06. The van der Waals surface area contributed by atoms with Crippen molar-refractivity contribution in [2.45, 2.75) is 0 Å². The average Bonchev–Trinajstić information content (AvgIpc) is 2.30. The predicted molar refractivity (Wildman–Crippen MR) is 66.6 cm³/mol. The summed E-state index contributed by atoms with van der Waals surface area (Å²) in [6.07, 6.45) is 0. The molecule has 0 unspecified atom stereocenters. The highest BCUT2D eigenvalue weighted by molar-refractivity contribution is 8.14. The van der Waals surface area contributed by atoms with E-state index in [0.717, 1.165) is 16.6 Å². The van der Waals surface area contributed by atoms with Gasteiger partial charge in [0.15, 0.2) is 5.17 Å². The fraction of sp³-hybridized carbons (Fsp3) is 0.273. The van der Waals surface area contributed by atoms with Crippen molar-refractivity contribution in [2.75, 3.05) is 19.8 Å². The second-order valence-corrected chi connectivity index (χ2v) is 4.17. The van der Waals surface area contributed by atoms with Crippen molar-refractivity contribution >= 4 is 22.6 Å². The maximum atomic E-state index is 4.50. The van der Waals surface area contributed by atoms with Crippen LogP contribution in [0.4, 0.5) is 0 Å². The van der Waals surface area contributed by atoms with Gasteiger partial charge in [-0.1, -0.05) is 42.1 Å². The molecule has 0 saturated heterocycles. The maximum Gasteiger partial charge on any atom is 0.179 e. The third kappa shape index (κ3) is 2.21. The van der Waals surface area contributed by atoms with Gasteiger partial charge in [-0.05, 0) is 5.56 Å². The zero-order valence-corrected chi connectivity index (χ0v) is 9.66. The highest BCUT2D eigenvalue weighted by Crippen LogP contribution is 2.18. The third-order valence-electron chi connectivity index (χ3n) is 2.18. The molecule has 0 amide bonds. The Hall–Kier alpha value is -1.29. The topological polar surface area (TPSA) is 28.0 Å². The molecule has 0 N–H and O–H groups in total. The summed E-state index contributed by atoms with van der Waals surface area (Å²) in [5, 5.41) is 7.30. The molecule has 2 rings (SSSR count). The summed E-state index contributed by atoms with van der Waals surface area (Å²) >= 11 is 1.72. The van der Waals surface area contributed by atoms with Crippen molar-refractivity contribution in [1.29, 1.82) is 0 Å². The van der Waals surface area contributed by atoms with Gasteiger partial charge < -0.3 is 0 Å². The van der Waals surface area contributed by atoms with Crippen LogP contribution in [0.2, 0.25) is 0 Å². The molecule has 0 atom stereocenters. The van der Waals surface area contributed by atoms with E-state index in [1.54, 1.807) is 18.8 Å². The molecule has 0 saturated carbocycles. The quantitative estimate of drug-likeness (QED) is 0.723. The van der Waals surface area contributed by atoms with Gasteiger partial charge in [-0.25, -0.2) is 5.01 Å². The van der Waals surface area contributed by atoms with E-state index in [4.69, 9.17) is 0 Å². The van der Waals surface area contributed by atoms with E-state index in [1.807, 2.05) is 30.3 Å². The monoisotopic (exact) mass is 219 g/mol. The molecule has 0 spiro atoms. The molecule has 78 valence electrons. The third-order valence-corrected chi connectivity index (χ3v) is 3.31. The molecule has 1 heterocycles. The molecule has 0 aromatic heterocycles. The van der Waals surface area contributed by atoms with Crippen molar-refractivity contribution in [3.8, 4) is 0 Å². The Morgan fingerprint density at radius 2 is 2.07 bits per heavy atom. The summed E-state index contributed by atoms with van der Waals surface area (Å²) in [6, 6.07) is 10.3. The first-order valence-electron chi connectivity index (χ1n) is 4.77. The van der Waals surface area contributed by atoms with E-state index in [-0.39, 0.29) is 0 Å². The number of aliphatic imine (C=N–C) groups is 1. The van der Waals surface area contributed by atoms with Gasteiger partial charge in [0, 0.05) is 19.8 Å². The Morgan fingerprint density at radius 3 is 2.67 bits per heavy atom. The van der Waals surface area contributed by atoms with Crippen LogP contribution in [0.5, 0.6) is 0 Å². The fourth-order valence-electron chi connectivity index (χ4n) is 1.46. The number of hydrogen-bond acceptors (Lipinski definition) is 3. The Bertz CT molecular complexity index is 398. The van der Waals surface area contributed by atoms with Crippen LogP contribution in [-0.4, -0.2) is 35.7 Å². The summed E-state index contributed by atoms with van der Waals surface area (Å²) < 4.78 is 0. The van der Waals surface area contributed by atoms with Crippen molar-refractivity contribution < 1.29 is 0 Å². The Labute approximate surface area is 93.9 Å². The molecule has 0 radical (unpaired) electrons. The van der Waals surface area contributed by atoms with E-state index in [2.05, 4.69) is 22.2 Å². The van der Waals surface area contributed by atoms with Crippen LogP contribution in [0.25, 0.3) is 0 Å². The van der Waals surface area contributed by atoms with Gasteiger partial charge in [-0.2, -0.15) is 5.10 Å². The molecule has 0 aliphatic carbocycles. The lowest BCUT2D eigenvalue weighted by atomic mass is 10.1. The number of benzene rings is 1. The lowest BCUT2D eigenvalue weighted by molar-refractivity contribution is 0.552. The van der Waals surface area contributed by atoms with E-state index in [1.165, 1.54) is 5.56 Å². The standard InChI is InChI=1S/C11H13N3S/c1-12-11-14(2)13-10(8-15-11)9-6-4-3-5-7-9/h3-7H,8H2,1-2H3. The number of hydrazone groups is 1. The average molecular weight is 219 g/mol. The molecule has 15 heavy (non-hydrogen) atoms. The molecule has 3 nitrogen and oxygen atoms in total. The minimum absolute atomic E-state index is 0.890. The van der Waals surface area contributed by atoms with E-state index < -0.39 is 0 Å². The first-order valence-corrected chi connectivity index (χ1v) is 5.76. The number of amidine groups is 1. The number of rotatable bonds is 1. The number of thioether (sulfide) groups is 1. The number of hydrogen-bond donors (Lipinski definition) is 0. The zero-order chi connectivity index (χ0) is 10.7. The highest BCUT2D eigenvalue weighted by Gasteiger charge is 2.16. The summed E-state index contributed by atoms with van der Waals surface area (Å²) in [4.78, 5) is 4.16. The van der Waals surface area contributed by atoms with E-state index >= 15 is 0 Å². The van der Waals surface area contributed by atoms with Crippen LogP contribution in [0.1, 0.15) is 5.56 Å². The van der Waals surface area contributed by atoms with Gasteiger partial charge in [0.1, 0.15) is 0 Å². The molecule has 0 fully saturated rings. The van der Waals surface area contributed by atoms with Gasteiger partial charge in [0.2, 0.25) is 0 Å². The summed E-state index contributed by atoms with van der Waals surface area (Å²) in [7, 11) is 3.72. The summed E-state index contributed by atoms with van der Waals surface area (Å²) in [5.41, 5.74) is 2.29. The van der Waals surface area contributed by atoms with Gasteiger partial charge in [-0.3, -0.25) is 4.99 Å². The van der Waals surface area contributed by atoms with Crippen LogP contribution in [0.3, 0.4) is 0 Å². The smallest absolute Gasteiger partial charge is 0.179 e. The summed E-state index contributed by atoms with van der Waals surface area (Å²) in [6.45, 7) is 0. The molecule has 0 bridgehead atoms. The molecule has 1 aliphatic rings. The SMILES string of the molecule is CN=C1SCC(c2ccccc2)=NN1C. The molecular formula is C11H13N3S. The first-order chi connectivity index (χ1) is 7.31. The normalized spacial score (nSPS) is 19.2. The maximum absolute atomic E-state index is 4.50.